The van der Waals surface area contributed by atoms with Crippen LogP contribution >= 0.6 is 0 Å². The number of benzene rings is 2. The number of phenols is 1. The number of aromatic nitrogens is 1. The Labute approximate surface area is 152 Å². The summed E-state index contributed by atoms with van der Waals surface area (Å²) >= 11 is 0. The fourth-order valence-electron chi connectivity index (χ4n) is 2.78. The first-order valence-corrected chi connectivity index (χ1v) is 8.40. The normalized spacial score (nSPS) is 10.3. The fraction of sp³-hybridized carbons (Fsp3) is 0.143. The lowest BCUT2D eigenvalue weighted by Crippen LogP contribution is -2.25. The maximum Gasteiger partial charge on any atom is 0.255 e. The molecule has 0 aliphatic heterocycles. The third-order valence-corrected chi connectivity index (χ3v) is 4.08. The molecule has 0 atom stereocenters. The molecule has 0 aliphatic carbocycles. The Kier molecular flexibility index (Phi) is 5.49. The molecule has 132 valence electrons. The van der Waals surface area contributed by atoms with Crippen molar-refractivity contribution in [2.24, 2.45) is 0 Å². The summed E-state index contributed by atoms with van der Waals surface area (Å²) in [6, 6.07) is 20.4. The van der Waals surface area contributed by atoms with Crippen LogP contribution in [0.2, 0.25) is 0 Å². The number of anilines is 1. The summed E-state index contributed by atoms with van der Waals surface area (Å²) in [5, 5.41) is 12.7. The summed E-state index contributed by atoms with van der Waals surface area (Å²) in [7, 11) is 1.98. The fourth-order valence-corrected chi connectivity index (χ4v) is 2.78. The number of hydrogen-bond acceptors (Lipinski definition) is 4. The molecule has 2 aromatic carbocycles. The van der Waals surface area contributed by atoms with Crippen LogP contribution in [0.3, 0.4) is 0 Å². The van der Waals surface area contributed by atoms with Crippen molar-refractivity contribution in [3.05, 3.63) is 89.6 Å². The number of aromatic hydroxyl groups is 1. The third kappa shape index (κ3) is 4.19. The highest BCUT2D eigenvalue weighted by Crippen LogP contribution is 2.19. The number of nitrogens with zero attached hydrogens (tertiary/aromatic N) is 2. The third-order valence-electron chi connectivity index (χ3n) is 4.08. The van der Waals surface area contributed by atoms with Crippen LogP contribution in [-0.4, -0.2) is 23.0 Å². The molecule has 0 saturated carbocycles. The zero-order valence-electron chi connectivity index (χ0n) is 14.6. The summed E-state index contributed by atoms with van der Waals surface area (Å²) in [4.78, 5) is 18.8. The van der Waals surface area contributed by atoms with E-state index in [1.54, 1.807) is 24.4 Å². The maximum absolute atomic E-state index is 12.3. The maximum atomic E-state index is 12.3. The molecule has 3 rings (SSSR count). The molecular weight excluding hydrogens is 326 g/mol. The van der Waals surface area contributed by atoms with Crippen LogP contribution in [0.5, 0.6) is 5.75 Å². The zero-order valence-corrected chi connectivity index (χ0v) is 14.6. The van der Waals surface area contributed by atoms with Crippen LogP contribution in [0.1, 0.15) is 21.5 Å². The zero-order chi connectivity index (χ0) is 18.4. The van der Waals surface area contributed by atoms with E-state index in [1.807, 2.05) is 37.4 Å². The van der Waals surface area contributed by atoms with Gasteiger partial charge in [-0.1, -0.05) is 48.5 Å². The number of para-hydroxylation sites is 1. The minimum absolute atomic E-state index is 0.0300. The van der Waals surface area contributed by atoms with Gasteiger partial charge >= 0.3 is 0 Å². The van der Waals surface area contributed by atoms with Crippen molar-refractivity contribution in [3.8, 4) is 5.75 Å². The predicted molar refractivity (Wildman–Crippen MR) is 102 cm³/mol. The van der Waals surface area contributed by atoms with E-state index in [-0.39, 0.29) is 17.2 Å². The van der Waals surface area contributed by atoms with Crippen LogP contribution < -0.4 is 10.2 Å². The Balaban J connectivity index is 1.71. The van der Waals surface area contributed by atoms with Gasteiger partial charge in [0.1, 0.15) is 11.6 Å². The molecule has 0 fully saturated rings. The van der Waals surface area contributed by atoms with E-state index in [0.29, 0.717) is 6.54 Å². The van der Waals surface area contributed by atoms with Crippen molar-refractivity contribution in [2.45, 2.75) is 13.1 Å². The topological polar surface area (TPSA) is 65.5 Å². The Morgan fingerprint density at radius 1 is 1.04 bits per heavy atom. The van der Waals surface area contributed by atoms with Crippen LogP contribution in [0.25, 0.3) is 0 Å². The van der Waals surface area contributed by atoms with E-state index in [4.69, 9.17) is 0 Å². The lowest BCUT2D eigenvalue weighted by molar-refractivity contribution is 0.0948. The standard InChI is InChI=1S/C21H21N3O2/c1-24(15-16-8-3-2-4-9-16)20-17(10-7-13-22-20)14-23-21(26)18-11-5-6-12-19(18)25/h2-13,25H,14-15H2,1H3,(H,23,26). The van der Waals surface area contributed by atoms with Crippen molar-refractivity contribution in [3.63, 3.8) is 0 Å². The average molecular weight is 347 g/mol. The first-order chi connectivity index (χ1) is 12.6. The highest BCUT2D eigenvalue weighted by Gasteiger charge is 2.13. The smallest absolute Gasteiger partial charge is 0.255 e. The lowest BCUT2D eigenvalue weighted by Gasteiger charge is -2.21. The van der Waals surface area contributed by atoms with Crippen molar-refractivity contribution in [1.29, 1.82) is 0 Å². The largest absolute Gasteiger partial charge is 0.507 e. The second-order valence-electron chi connectivity index (χ2n) is 6.03. The van der Waals surface area contributed by atoms with Gasteiger partial charge in [0.25, 0.3) is 5.91 Å². The minimum atomic E-state index is -0.316. The SMILES string of the molecule is CN(Cc1ccccc1)c1ncccc1CNC(=O)c1ccccc1O. The highest BCUT2D eigenvalue weighted by atomic mass is 16.3. The molecule has 1 amide bonds. The predicted octanol–water partition coefficient (Wildman–Crippen LogP) is 3.35. The second kappa shape index (κ2) is 8.16. The van der Waals surface area contributed by atoms with E-state index in [0.717, 1.165) is 17.9 Å². The van der Waals surface area contributed by atoms with Gasteiger partial charge in [-0.2, -0.15) is 0 Å². The molecule has 0 saturated heterocycles. The molecule has 3 aromatic rings. The molecule has 1 heterocycles. The van der Waals surface area contributed by atoms with Gasteiger partial charge in [-0.05, 0) is 23.8 Å². The minimum Gasteiger partial charge on any atom is -0.507 e. The number of rotatable bonds is 6. The quantitative estimate of drug-likeness (QED) is 0.718. The molecule has 0 bridgehead atoms. The van der Waals surface area contributed by atoms with Crippen LogP contribution in [-0.2, 0) is 13.1 Å². The molecule has 0 aliphatic rings. The highest BCUT2D eigenvalue weighted by molar-refractivity contribution is 5.96. The van der Waals surface area contributed by atoms with Gasteiger partial charge < -0.3 is 15.3 Å². The number of hydrogen-bond donors (Lipinski definition) is 2. The van der Waals surface area contributed by atoms with Gasteiger partial charge in [0.2, 0.25) is 0 Å². The number of carbonyl (C=O) groups is 1. The van der Waals surface area contributed by atoms with Gasteiger partial charge in [0.05, 0.1) is 5.56 Å². The lowest BCUT2D eigenvalue weighted by atomic mass is 10.1. The van der Waals surface area contributed by atoms with Gasteiger partial charge in [0.15, 0.2) is 0 Å². The van der Waals surface area contributed by atoms with E-state index in [2.05, 4.69) is 27.3 Å². The van der Waals surface area contributed by atoms with E-state index < -0.39 is 0 Å². The van der Waals surface area contributed by atoms with E-state index >= 15 is 0 Å². The van der Waals surface area contributed by atoms with Crippen LogP contribution in [0.4, 0.5) is 5.82 Å². The van der Waals surface area contributed by atoms with Crippen molar-refractivity contribution >= 4 is 11.7 Å². The van der Waals surface area contributed by atoms with Crippen LogP contribution in [0.15, 0.2) is 72.9 Å². The van der Waals surface area contributed by atoms with Crippen molar-refractivity contribution in [1.82, 2.24) is 10.3 Å². The first kappa shape index (κ1) is 17.5. The average Bonchev–Trinajstić information content (AvgIpc) is 2.67. The monoisotopic (exact) mass is 347 g/mol. The Morgan fingerprint density at radius 2 is 1.77 bits per heavy atom. The number of amides is 1. The summed E-state index contributed by atoms with van der Waals surface area (Å²) in [5.41, 5.74) is 2.36. The molecular formula is C21H21N3O2. The number of pyridine rings is 1. The van der Waals surface area contributed by atoms with Gasteiger partial charge in [-0.15, -0.1) is 0 Å². The van der Waals surface area contributed by atoms with Crippen molar-refractivity contribution in [2.75, 3.05) is 11.9 Å². The van der Waals surface area contributed by atoms with E-state index in [9.17, 15) is 9.90 Å². The first-order valence-electron chi connectivity index (χ1n) is 8.40. The molecule has 0 radical (unpaired) electrons. The molecule has 1 aromatic heterocycles. The Bertz CT molecular complexity index is 881. The Hall–Kier alpha value is -3.34. The molecule has 0 spiro atoms. The molecule has 5 nitrogen and oxygen atoms in total. The Morgan fingerprint density at radius 3 is 2.54 bits per heavy atom. The second-order valence-corrected chi connectivity index (χ2v) is 6.03. The molecule has 26 heavy (non-hydrogen) atoms. The van der Waals surface area contributed by atoms with E-state index in [1.165, 1.54) is 11.6 Å². The summed E-state index contributed by atoms with van der Waals surface area (Å²) in [5.74, 6) is 0.468. The van der Waals surface area contributed by atoms with Crippen molar-refractivity contribution < 1.29 is 9.90 Å². The number of carbonyl (C=O) groups excluding carboxylic acids is 1. The number of phenolic OH excluding ortho intramolecular Hbond substituents is 1. The molecule has 2 N–H and O–H groups in total. The van der Waals surface area contributed by atoms with Gasteiger partial charge in [-0.3, -0.25) is 4.79 Å². The van der Waals surface area contributed by atoms with Gasteiger partial charge in [-0.25, -0.2) is 4.98 Å². The molecule has 5 heteroatoms. The van der Waals surface area contributed by atoms with Crippen LogP contribution in [0, 0.1) is 0 Å². The summed E-state index contributed by atoms with van der Waals surface area (Å²) in [6.07, 6.45) is 1.74. The summed E-state index contributed by atoms with van der Waals surface area (Å²) in [6.45, 7) is 1.05. The number of nitrogens with one attached hydrogen (secondary N) is 1. The summed E-state index contributed by atoms with van der Waals surface area (Å²) < 4.78 is 0. The van der Waals surface area contributed by atoms with Gasteiger partial charge in [0, 0.05) is 31.9 Å². The molecule has 0 unspecified atom stereocenters.